The fourth-order valence-electron chi connectivity index (χ4n) is 7.34. The Morgan fingerprint density at radius 3 is 1.52 bits per heavy atom. The van der Waals surface area contributed by atoms with Gasteiger partial charge in [-0.15, -0.1) is 58.3 Å². The van der Waals surface area contributed by atoms with E-state index in [1.54, 1.807) is 35.9 Å². The number of nitrogens with two attached hydrogens (primary N) is 2. The van der Waals surface area contributed by atoms with Crippen LogP contribution in [0.25, 0.3) is 22.5 Å². The molecule has 1 amide bonds. The van der Waals surface area contributed by atoms with E-state index in [4.69, 9.17) is 56.9 Å². The molecule has 3 aliphatic carbocycles. The van der Waals surface area contributed by atoms with Gasteiger partial charge in [-0.2, -0.15) is 0 Å². The van der Waals surface area contributed by atoms with Gasteiger partial charge in [0.1, 0.15) is 5.01 Å². The lowest BCUT2D eigenvalue weighted by atomic mass is 10.1. The number of thiazole rings is 2. The smallest absolute Gasteiger partial charge is 0.220 e. The second-order valence-corrected chi connectivity index (χ2v) is 18.5. The van der Waals surface area contributed by atoms with Crippen molar-refractivity contribution in [3.8, 4) is 22.5 Å². The van der Waals surface area contributed by atoms with Crippen LogP contribution in [-0.2, 0) is 4.79 Å². The van der Waals surface area contributed by atoms with E-state index in [0.717, 1.165) is 47.2 Å². The fourth-order valence-corrected chi connectivity index (χ4v) is 9.83. The van der Waals surface area contributed by atoms with E-state index in [1.165, 1.54) is 92.6 Å². The molecule has 5 aromatic heterocycles. The Labute approximate surface area is 404 Å². The summed E-state index contributed by atoms with van der Waals surface area (Å²) in [6, 6.07) is 11.9. The zero-order valence-corrected chi connectivity index (χ0v) is 41.3. The summed E-state index contributed by atoms with van der Waals surface area (Å²) in [4.78, 5) is 43.4. The number of nitrogens with one attached hydrogen (secondary N) is 1. The van der Waals surface area contributed by atoms with Crippen LogP contribution in [0, 0.1) is 11.8 Å². The van der Waals surface area contributed by atoms with Crippen molar-refractivity contribution in [2.45, 2.75) is 102 Å². The van der Waals surface area contributed by atoms with Crippen molar-refractivity contribution in [3.63, 3.8) is 0 Å². The zero-order valence-electron chi connectivity index (χ0n) is 34.9. The number of Topliss-reactive ketones (excluding diaryl/α,β-unsaturated/α-hetero) is 1. The molecule has 6 heterocycles. The molecule has 0 spiro atoms. The predicted octanol–water partition coefficient (Wildman–Crippen LogP) is 12.1. The van der Waals surface area contributed by atoms with Crippen molar-refractivity contribution >= 4 is 103 Å². The first-order chi connectivity index (χ1) is 29.7. The van der Waals surface area contributed by atoms with E-state index in [0.29, 0.717) is 22.9 Å². The Morgan fingerprint density at radius 2 is 1.11 bits per heavy atom. The van der Waals surface area contributed by atoms with Gasteiger partial charge in [0.2, 0.25) is 5.91 Å². The highest BCUT2D eigenvalue weighted by Crippen LogP contribution is 2.37. The quantitative estimate of drug-likeness (QED) is 0.0775. The first-order valence-electron chi connectivity index (χ1n) is 20.9. The summed E-state index contributed by atoms with van der Waals surface area (Å²) in [5, 5.41) is 10.9. The zero-order chi connectivity index (χ0) is 43.7. The van der Waals surface area contributed by atoms with Gasteiger partial charge < -0.3 is 16.8 Å². The lowest BCUT2D eigenvalue weighted by Gasteiger charge is -2.04. The van der Waals surface area contributed by atoms with Gasteiger partial charge in [-0.25, -0.2) is 9.97 Å². The van der Waals surface area contributed by atoms with Crippen LogP contribution in [0.2, 0.25) is 0 Å². The standard InChI is InChI=1S/C13H14N2S.C12H13N3S.C7H6BrNO.C6H11NO.C6H11NS.CH2Cl2.ClH/c1-2-4-11(3-1)13-15-12(9-16-13)10-5-7-14-8-6-10;1-2-10(14-5-1)12-15-11(8-16-12)9-3-6-13-7-4-9;8-5-7(10)6-1-3-9-4-2-6;2*7-6(8)5-3-1-2-4-5;2-1-3;/h5-9,11H,1-4H2;3-4,6-8,10,14H,1-2,5H2;1-4H,5H2;2*5H,1-4H2,(H2,7,8);1H2;1H/t;10-;;;;;/m.1...../s1. The summed E-state index contributed by atoms with van der Waals surface area (Å²) in [5.74, 6) is 1.48. The highest BCUT2D eigenvalue weighted by molar-refractivity contribution is 9.09. The number of hydrogen-bond donors (Lipinski definition) is 3. The first-order valence-corrected chi connectivity index (χ1v) is 25.2. The average molecular weight is 1030 g/mol. The van der Waals surface area contributed by atoms with E-state index in [-0.39, 0.29) is 35.4 Å². The molecule has 4 fully saturated rings. The number of pyridine rings is 3. The Bertz CT molecular complexity index is 1860. The number of nitrogens with zero attached hydrogens (tertiary/aromatic N) is 5. The number of aromatic nitrogens is 5. The molecule has 0 aromatic carbocycles. The molecule has 5 aromatic rings. The molecule has 10 nitrogen and oxygen atoms in total. The summed E-state index contributed by atoms with van der Waals surface area (Å²) in [6.07, 6.45) is 27.9. The second-order valence-electron chi connectivity index (χ2n) is 14.9. The van der Waals surface area contributed by atoms with Gasteiger partial charge in [-0.3, -0.25) is 24.5 Å². The van der Waals surface area contributed by atoms with Gasteiger partial charge in [0, 0.05) is 82.4 Å². The van der Waals surface area contributed by atoms with E-state index in [1.807, 2.05) is 60.4 Å². The lowest BCUT2D eigenvalue weighted by molar-refractivity contribution is -0.121. The normalized spacial score (nSPS) is 16.9. The van der Waals surface area contributed by atoms with Crippen LogP contribution in [0.3, 0.4) is 0 Å². The largest absolute Gasteiger partial charge is 0.393 e. The molecule has 3 saturated carbocycles. The van der Waals surface area contributed by atoms with Crippen LogP contribution in [0.15, 0.2) is 84.3 Å². The fraction of sp³-hybridized carbons (Fsp3) is 0.467. The molecule has 336 valence electrons. The van der Waals surface area contributed by atoms with Gasteiger partial charge in [-0.1, -0.05) is 66.7 Å². The van der Waals surface area contributed by atoms with Gasteiger partial charge in [0.25, 0.3) is 0 Å². The molecule has 5 N–H and O–H groups in total. The van der Waals surface area contributed by atoms with Crippen molar-refractivity contribution in [1.82, 2.24) is 30.2 Å². The predicted molar refractivity (Wildman–Crippen MR) is 268 cm³/mol. The number of halogens is 4. The molecule has 4 aliphatic rings. The Hall–Kier alpha value is -2.95. The van der Waals surface area contributed by atoms with Gasteiger partial charge in [-0.05, 0) is 94.3 Å². The molecule has 0 bridgehead atoms. The number of alkyl halides is 3. The minimum Gasteiger partial charge on any atom is -0.393 e. The van der Waals surface area contributed by atoms with Crippen molar-refractivity contribution in [2.24, 2.45) is 23.3 Å². The Morgan fingerprint density at radius 1 is 0.677 bits per heavy atom. The maximum atomic E-state index is 10.9. The summed E-state index contributed by atoms with van der Waals surface area (Å²) in [6.45, 7) is 1.12. The maximum absolute atomic E-state index is 10.9. The van der Waals surface area contributed by atoms with E-state index in [2.05, 4.69) is 47.0 Å². The molecule has 1 saturated heterocycles. The number of thiocarbonyl (C=S) groups is 1. The molecule has 1 atom stereocenters. The SMILES string of the molecule is Cl.ClCCl.NC(=O)C1CCCC1.NC(=S)C1CCCC1.O=C(CBr)c1ccncc1.c1cc(-c2csc(C3CCCC3)n2)ccn1.c1cc(-c2csc([C@H]3CCCN3)n2)ccn1. The van der Waals surface area contributed by atoms with Crippen LogP contribution < -0.4 is 16.8 Å². The third-order valence-electron chi connectivity index (χ3n) is 10.7. The number of carbonyl (C=O) groups is 2. The first kappa shape index (κ1) is 53.4. The summed E-state index contributed by atoms with van der Waals surface area (Å²) >= 11 is 21.0. The minimum atomic E-state index is -0.109. The topological polar surface area (TPSA) is 163 Å². The van der Waals surface area contributed by atoms with Crippen molar-refractivity contribution in [3.05, 3.63) is 99.9 Å². The van der Waals surface area contributed by atoms with Crippen LogP contribution in [0.5, 0.6) is 0 Å². The second kappa shape index (κ2) is 31.0. The van der Waals surface area contributed by atoms with E-state index in [9.17, 15) is 9.59 Å². The molecule has 17 heteroatoms. The molecule has 1 aliphatic heterocycles. The van der Waals surface area contributed by atoms with Crippen LogP contribution in [0.4, 0.5) is 0 Å². The molecule has 0 radical (unpaired) electrons. The number of rotatable bonds is 8. The number of hydrogen-bond acceptors (Lipinski definition) is 11. The summed E-state index contributed by atoms with van der Waals surface area (Å²) in [5.41, 5.74) is 15.7. The third kappa shape index (κ3) is 19.0. The van der Waals surface area contributed by atoms with Crippen molar-refractivity contribution in [2.75, 3.05) is 17.2 Å². The Balaban J connectivity index is 0.000000209. The third-order valence-corrected chi connectivity index (χ3v) is 13.5. The highest BCUT2D eigenvalue weighted by atomic mass is 79.9. The van der Waals surface area contributed by atoms with Gasteiger partial charge in [0.05, 0.1) is 38.1 Å². The number of amides is 1. The van der Waals surface area contributed by atoms with Crippen LogP contribution >= 0.6 is 86.4 Å². The van der Waals surface area contributed by atoms with Crippen LogP contribution in [-0.4, -0.2) is 58.8 Å². The van der Waals surface area contributed by atoms with Crippen molar-refractivity contribution < 1.29 is 9.59 Å². The Kier molecular flexibility index (Phi) is 26.7. The average Bonchev–Trinajstić information content (AvgIpc) is 4.16. The van der Waals surface area contributed by atoms with E-state index < -0.39 is 0 Å². The molecular formula is C45H58BrCl3N8O2S3. The van der Waals surface area contributed by atoms with E-state index >= 15 is 0 Å². The molecular weight excluding hydrogens is 967 g/mol. The summed E-state index contributed by atoms with van der Waals surface area (Å²) < 4.78 is 0. The summed E-state index contributed by atoms with van der Waals surface area (Å²) in [7, 11) is 0. The molecule has 9 rings (SSSR count). The molecule has 62 heavy (non-hydrogen) atoms. The van der Waals surface area contributed by atoms with Crippen molar-refractivity contribution in [1.29, 1.82) is 0 Å². The lowest BCUT2D eigenvalue weighted by Crippen LogP contribution is -2.19. The van der Waals surface area contributed by atoms with Gasteiger partial charge >= 0.3 is 0 Å². The number of carbonyl (C=O) groups excluding carboxylic acids is 2. The monoisotopic (exact) mass is 1020 g/mol. The molecule has 0 unspecified atom stereocenters. The minimum absolute atomic E-state index is 0. The van der Waals surface area contributed by atoms with Crippen LogP contribution in [0.1, 0.15) is 122 Å². The highest BCUT2D eigenvalue weighted by Gasteiger charge is 2.22. The maximum Gasteiger partial charge on any atom is 0.220 e. The number of ketones is 1. The van der Waals surface area contributed by atoms with Gasteiger partial charge in [0.15, 0.2) is 5.78 Å². The number of primary amides is 1.